The molecule has 4 unspecified atom stereocenters. The maximum absolute atomic E-state index is 14.9. The number of carboxylic acids is 4. The van der Waals surface area contributed by atoms with Crippen molar-refractivity contribution in [3.63, 3.8) is 0 Å². The van der Waals surface area contributed by atoms with Crippen LogP contribution in [0.3, 0.4) is 0 Å². The number of aliphatic carboxylic acids is 4. The van der Waals surface area contributed by atoms with E-state index in [1.54, 1.807) is 30.5 Å². The Morgan fingerprint density at radius 1 is 0.513 bits per heavy atom. The van der Waals surface area contributed by atoms with E-state index in [0.717, 1.165) is 52.9 Å². The van der Waals surface area contributed by atoms with Gasteiger partial charge in [0.05, 0.1) is 51.6 Å². The summed E-state index contributed by atoms with van der Waals surface area (Å²) in [6.45, 7) is 4.53. The lowest BCUT2D eigenvalue weighted by molar-refractivity contribution is -0.156. The van der Waals surface area contributed by atoms with Crippen molar-refractivity contribution in [2.45, 2.75) is 223 Å². The number of cyclic esters (lactones) is 1. The van der Waals surface area contributed by atoms with Gasteiger partial charge in [0, 0.05) is 47.6 Å². The number of aromatic amines is 1. The van der Waals surface area contributed by atoms with Crippen LogP contribution in [0, 0.1) is 11.8 Å². The van der Waals surface area contributed by atoms with Crippen LogP contribution in [-0.4, -0.2) is 242 Å². The average Bonchev–Trinajstić information content (AvgIpc) is 1.65. The lowest BCUT2D eigenvalue weighted by Gasteiger charge is -2.30. The SMILES string of the molecule is CC(C)CCCCCCCCC(=O)N[C@@H](Cc1c[nH]c2ccccc12)C(=O)N[C@H](CC(N)=O)C(=O)N[C@@H](CC(=O)O)C(=O)NC1C(=O)NCC(=O)N[C@@H](CCCN)C(=O)NC(CC(=O)O)C(=O)N[C@H](C)C(=O)N[C@@H](CC(=O)O)C(=O)NCC(=O)N[C@H](CC(N)=O)C(=O)NC([C@H](C)CC(=O)O)C(=O)N[C@@H](CC(=O)c2ccccc2N)C(=O)OC1C. The Hall–Kier alpha value is -13.2. The molecule has 652 valence electrons. The second kappa shape index (κ2) is 49.0. The number of unbranched alkanes of at least 4 members (excludes halogenated alkanes) is 5. The maximum Gasteiger partial charge on any atom is 0.329 e. The Kier molecular flexibility index (Phi) is 40.4. The van der Waals surface area contributed by atoms with E-state index in [0.29, 0.717) is 35.2 Å². The molecule has 119 heavy (non-hydrogen) atoms. The van der Waals surface area contributed by atoms with E-state index in [1.807, 2.05) is 16.0 Å². The van der Waals surface area contributed by atoms with Gasteiger partial charge in [-0.25, -0.2) is 4.79 Å². The fraction of sp³-hybridized carbons (Fsp3) is 0.533. The molecule has 4 rings (SSSR count). The number of carbonyl (C=O) groups is 21. The molecule has 0 radical (unpaired) electrons. The van der Waals surface area contributed by atoms with E-state index in [9.17, 15) is 121 Å². The molecule has 1 aliphatic rings. The third kappa shape index (κ3) is 34.6. The highest BCUT2D eigenvalue weighted by Gasteiger charge is 2.41. The third-order valence-electron chi connectivity index (χ3n) is 18.5. The van der Waals surface area contributed by atoms with Crippen LogP contribution in [0.25, 0.3) is 10.9 Å². The predicted octanol–water partition coefficient (Wildman–Crippen LogP) is -5.10. The Morgan fingerprint density at radius 2 is 1.04 bits per heavy atom. The number of Topliss-reactive ketones (excluding diaryl/α,β-unsaturated/α-hetero) is 1. The first kappa shape index (κ1) is 98.2. The first-order valence-corrected chi connectivity index (χ1v) is 38.2. The number of ether oxygens (including phenoxy) is 1. The summed E-state index contributed by atoms with van der Waals surface area (Å²) in [5, 5.41) is 68.5. The van der Waals surface area contributed by atoms with Crippen LogP contribution >= 0.6 is 0 Å². The minimum Gasteiger partial charge on any atom is -0.481 e. The third-order valence-corrected chi connectivity index (χ3v) is 18.5. The van der Waals surface area contributed by atoms with Crippen molar-refractivity contribution in [2.75, 3.05) is 25.4 Å². The number of amides is 15. The molecule has 0 bridgehead atoms. The molecule has 1 aromatic heterocycles. The van der Waals surface area contributed by atoms with Crippen molar-refractivity contribution >= 4 is 141 Å². The number of nitrogens with two attached hydrogens (primary N) is 4. The fourth-order valence-corrected chi connectivity index (χ4v) is 12.3. The lowest BCUT2D eigenvalue weighted by Crippen LogP contribution is -2.62. The van der Waals surface area contributed by atoms with Gasteiger partial charge in [-0.05, 0) is 75.3 Å². The number of rotatable bonds is 37. The molecular weight excluding hydrogens is 1570 g/mol. The highest BCUT2D eigenvalue weighted by Crippen LogP contribution is 2.22. The second-order valence-corrected chi connectivity index (χ2v) is 28.9. The first-order chi connectivity index (χ1) is 56.1. The summed E-state index contributed by atoms with van der Waals surface area (Å²) in [6.07, 6.45) is -3.58. The number of carbonyl (C=O) groups excluding carboxylic acids is 17. The number of anilines is 1. The van der Waals surface area contributed by atoms with Crippen molar-refractivity contribution in [3.8, 4) is 0 Å². The molecular formula is C75H106N18O26. The quantitative estimate of drug-likeness (QED) is 0.0111. The van der Waals surface area contributed by atoms with Gasteiger partial charge in [0.25, 0.3) is 0 Å². The van der Waals surface area contributed by atoms with Gasteiger partial charge >= 0.3 is 29.8 Å². The van der Waals surface area contributed by atoms with E-state index in [4.69, 9.17) is 27.7 Å². The van der Waals surface area contributed by atoms with Gasteiger partial charge in [-0.2, -0.15) is 0 Å². The normalized spacial score (nSPS) is 20.9. The van der Waals surface area contributed by atoms with Gasteiger partial charge in [-0.3, -0.25) is 95.9 Å². The Balaban J connectivity index is 1.88. The van der Waals surface area contributed by atoms with E-state index in [-0.39, 0.29) is 37.1 Å². The van der Waals surface area contributed by atoms with Crippen LogP contribution in [0.15, 0.2) is 54.7 Å². The van der Waals surface area contributed by atoms with Crippen molar-refractivity contribution in [1.82, 2.24) is 74.1 Å². The molecule has 1 saturated heterocycles. The van der Waals surface area contributed by atoms with Gasteiger partial charge in [-0.1, -0.05) is 89.6 Å². The van der Waals surface area contributed by atoms with Crippen LogP contribution in [0.4, 0.5) is 5.69 Å². The van der Waals surface area contributed by atoms with Gasteiger partial charge in [-0.15, -0.1) is 0 Å². The highest BCUT2D eigenvalue weighted by atomic mass is 16.5. The van der Waals surface area contributed by atoms with E-state index in [1.165, 1.54) is 24.3 Å². The maximum atomic E-state index is 14.9. The topological polar surface area (TPSA) is 725 Å². The number of aromatic nitrogens is 1. The Bertz CT molecular complexity index is 4210. The molecule has 1 aliphatic heterocycles. The smallest absolute Gasteiger partial charge is 0.329 e. The summed E-state index contributed by atoms with van der Waals surface area (Å²) in [5.74, 6) is -30.9. The number of carboxylic acid groups (broad SMARTS) is 4. The van der Waals surface area contributed by atoms with Crippen molar-refractivity contribution < 1.29 is 126 Å². The molecule has 0 aliphatic carbocycles. The molecule has 44 heteroatoms. The fourth-order valence-electron chi connectivity index (χ4n) is 12.3. The number of para-hydroxylation sites is 2. The van der Waals surface area contributed by atoms with Crippen LogP contribution in [0.1, 0.15) is 160 Å². The largest absolute Gasteiger partial charge is 0.481 e. The number of nitrogen functional groups attached to an aromatic ring is 1. The number of benzene rings is 2. The molecule has 44 nitrogen and oxygen atoms in total. The van der Waals surface area contributed by atoms with Crippen LogP contribution in [0.2, 0.25) is 0 Å². The first-order valence-electron chi connectivity index (χ1n) is 38.2. The number of hydrogen-bond donors (Lipinski definition) is 22. The molecule has 2 heterocycles. The molecule has 0 spiro atoms. The van der Waals surface area contributed by atoms with Crippen LogP contribution in [0.5, 0.6) is 0 Å². The monoisotopic (exact) mass is 1670 g/mol. The van der Waals surface area contributed by atoms with Crippen LogP contribution < -0.4 is 92.1 Å². The lowest BCUT2D eigenvalue weighted by atomic mass is 9.95. The minimum atomic E-state index is -2.47. The van der Waals surface area contributed by atoms with E-state index >= 15 is 0 Å². The van der Waals surface area contributed by atoms with Gasteiger partial charge in [0.1, 0.15) is 72.6 Å². The standard InChI is InChI=1S/C75H106N18O26/c1-36(2)17-10-8-6-7-9-11-23-56(97)85-46(26-40-33-80-44-21-15-13-18-41(40)44)69(112)88-48(29-55(79)96)70(113)90-51(32-62(106)107)72(115)93-64-39(5)119-75(118)52(27-53(94)42-19-12-14-20-43(42)77)91-74(117)63(37(3)25-59(100)101)92-71(114)47(28-54(78)95)86-58(99)34-81-66(109)49(30-60(102)103)87-65(108)38(4)83-68(111)50(31-61(104)105)89-67(110)45(22-16-24-76)84-57(98)35-82-73(64)116/h12-15,18-21,33,36-39,45-52,63-64,80H,6-11,16-17,22-32,34-35,76-77H2,1-5H3,(H2,78,95)(H2,79,96)(H,81,109)(H,82,116)(H,83,111)(H,84,98)(H,85,97)(H,86,99)(H,87,108)(H,88,112)(H,89,110)(H,90,113)(H,91,117)(H,92,114)(H,93,115)(H,100,101)(H,102,103)(H,104,105)(H,106,107)/t37-,38-,39?,45+,46+,47-,48-,49+,50?,51+,52+,63?,64?/m1/s1. The molecule has 1 fully saturated rings. The Labute approximate surface area is 681 Å². The van der Waals surface area contributed by atoms with Crippen LogP contribution in [-0.2, 0) is 107 Å². The predicted molar refractivity (Wildman–Crippen MR) is 416 cm³/mol. The second-order valence-electron chi connectivity index (χ2n) is 28.9. The zero-order valence-corrected chi connectivity index (χ0v) is 66.2. The minimum absolute atomic E-state index is 0.0253. The molecule has 15 amide bonds. The van der Waals surface area contributed by atoms with Crippen molar-refractivity contribution in [3.05, 3.63) is 65.9 Å². The number of ketones is 1. The zero-order chi connectivity index (χ0) is 88.9. The number of fused-ring (bicyclic) bond motifs is 1. The summed E-state index contributed by atoms with van der Waals surface area (Å²) >= 11 is 0. The van der Waals surface area contributed by atoms with Gasteiger partial charge in [0.2, 0.25) is 88.6 Å². The summed E-state index contributed by atoms with van der Waals surface area (Å²) < 4.78 is 5.70. The number of H-pyrrole nitrogens is 1. The number of primary amides is 2. The number of nitrogens with one attached hydrogen (secondary N) is 14. The summed E-state index contributed by atoms with van der Waals surface area (Å²) in [4.78, 5) is 290. The molecule has 13 atom stereocenters. The highest BCUT2D eigenvalue weighted by molar-refractivity contribution is 6.05. The van der Waals surface area contributed by atoms with Crippen molar-refractivity contribution in [1.29, 1.82) is 0 Å². The van der Waals surface area contributed by atoms with Gasteiger partial charge in [0.15, 0.2) is 5.78 Å². The van der Waals surface area contributed by atoms with E-state index in [2.05, 4.69) is 72.0 Å². The van der Waals surface area contributed by atoms with Crippen molar-refractivity contribution in [2.24, 2.45) is 29.0 Å². The molecule has 0 saturated carbocycles. The summed E-state index contributed by atoms with van der Waals surface area (Å²) in [7, 11) is 0. The summed E-state index contributed by atoms with van der Waals surface area (Å²) in [6, 6.07) is -10.8. The summed E-state index contributed by atoms with van der Waals surface area (Å²) in [5.41, 5.74) is 23.5. The van der Waals surface area contributed by atoms with Gasteiger partial charge < -0.3 is 122 Å². The zero-order valence-electron chi connectivity index (χ0n) is 66.2. The Morgan fingerprint density at radius 3 is 1.64 bits per heavy atom. The molecule has 2 aromatic carbocycles. The molecule has 3 aromatic rings. The van der Waals surface area contributed by atoms with E-state index < -0.39 is 267 Å². The number of hydrogen-bond acceptors (Lipinski definition) is 24. The average molecular weight is 1680 g/mol. The molecule has 26 N–H and O–H groups in total. The number of esters is 1.